The van der Waals surface area contributed by atoms with Gasteiger partial charge in [0.15, 0.2) is 0 Å². The van der Waals surface area contributed by atoms with Gasteiger partial charge in [-0.15, -0.1) is 0 Å². The molecule has 0 atom stereocenters. The minimum absolute atomic E-state index is 0. The van der Waals surface area contributed by atoms with E-state index in [0.717, 1.165) is 0 Å². The van der Waals surface area contributed by atoms with E-state index in [2.05, 4.69) is 0 Å². The Kier molecular flexibility index (Phi) is 9.79. The summed E-state index contributed by atoms with van der Waals surface area (Å²) in [6.07, 6.45) is 0. The topological polar surface area (TPSA) is 155 Å². The van der Waals surface area contributed by atoms with Crippen LogP contribution in [-0.4, -0.2) is 83.0 Å². The fourth-order valence-electron chi connectivity index (χ4n) is 1.70. The van der Waals surface area contributed by atoms with Crippen LogP contribution in [0.3, 0.4) is 0 Å². The first-order valence-corrected chi connectivity index (χ1v) is 6.33. The second-order valence-electron chi connectivity index (χ2n) is 4.28. The number of rotatable bonds is 4. The molecular formula is C16H10BaO8. The summed E-state index contributed by atoms with van der Waals surface area (Å²) in [5.74, 6) is -5.49. The predicted molar refractivity (Wildman–Crippen MR) is 81.2 cm³/mol. The van der Waals surface area contributed by atoms with Crippen molar-refractivity contribution < 1.29 is 39.6 Å². The third-order valence-electron chi connectivity index (χ3n) is 2.75. The van der Waals surface area contributed by atoms with Gasteiger partial charge in [0.05, 0.1) is 23.1 Å². The summed E-state index contributed by atoms with van der Waals surface area (Å²) >= 11 is 0. The van der Waals surface area contributed by atoms with Crippen LogP contribution in [0.15, 0.2) is 48.5 Å². The van der Waals surface area contributed by atoms with Gasteiger partial charge in [0.25, 0.3) is 0 Å². The maximum atomic E-state index is 10.4. The standard InChI is InChI=1S/2C8H6O4.Ba/c2*9-7(10)5-3-1-2-4-6(5)8(11)12;/h2*1-4H,(H,9,10)(H,11,12);/q;;+2/p-2. The Balaban J connectivity index is 0.000000443. The molecule has 2 aromatic rings. The van der Waals surface area contributed by atoms with Gasteiger partial charge in [-0.25, -0.2) is 9.59 Å². The van der Waals surface area contributed by atoms with Gasteiger partial charge in [-0.3, -0.25) is 0 Å². The van der Waals surface area contributed by atoms with E-state index in [-0.39, 0.29) is 71.1 Å². The van der Waals surface area contributed by atoms with Gasteiger partial charge in [-0.05, 0) is 12.1 Å². The number of carbonyl (C=O) groups is 4. The van der Waals surface area contributed by atoms with Crippen LogP contribution in [0.2, 0.25) is 0 Å². The average Bonchev–Trinajstić information content (AvgIpc) is 2.55. The van der Waals surface area contributed by atoms with Crippen LogP contribution < -0.4 is 10.2 Å². The summed E-state index contributed by atoms with van der Waals surface area (Å²) in [6.45, 7) is 0. The monoisotopic (exact) mass is 468 g/mol. The fraction of sp³-hybridized carbons (Fsp3) is 0. The zero-order chi connectivity index (χ0) is 18.3. The molecule has 2 aromatic carbocycles. The molecule has 0 heterocycles. The summed E-state index contributed by atoms with van der Waals surface area (Å²) in [6, 6.07) is 10.6. The maximum absolute atomic E-state index is 10.4. The van der Waals surface area contributed by atoms with Crippen molar-refractivity contribution in [1.82, 2.24) is 0 Å². The van der Waals surface area contributed by atoms with Crippen molar-refractivity contribution in [2.75, 3.05) is 0 Å². The van der Waals surface area contributed by atoms with Crippen molar-refractivity contribution in [2.24, 2.45) is 0 Å². The van der Waals surface area contributed by atoms with E-state index < -0.39 is 23.9 Å². The molecule has 0 radical (unpaired) electrons. The van der Waals surface area contributed by atoms with Crippen LogP contribution in [-0.2, 0) is 0 Å². The van der Waals surface area contributed by atoms with Gasteiger partial charge in [-0.1, -0.05) is 36.4 Å². The molecule has 25 heavy (non-hydrogen) atoms. The van der Waals surface area contributed by atoms with Crippen LogP contribution in [0.1, 0.15) is 41.4 Å². The Bertz CT molecular complexity index is 667. The van der Waals surface area contributed by atoms with E-state index >= 15 is 0 Å². The molecule has 2 N–H and O–H groups in total. The second kappa shape index (κ2) is 10.7. The average molecular weight is 468 g/mol. The van der Waals surface area contributed by atoms with Crippen LogP contribution in [0, 0.1) is 0 Å². The largest absolute Gasteiger partial charge is 2.00 e. The van der Waals surface area contributed by atoms with Crippen molar-refractivity contribution in [3.8, 4) is 0 Å². The minimum Gasteiger partial charge on any atom is -0.545 e. The predicted octanol–water partition coefficient (Wildman–Crippen LogP) is -0.884. The van der Waals surface area contributed by atoms with E-state index in [1.807, 2.05) is 0 Å². The van der Waals surface area contributed by atoms with Gasteiger partial charge in [0.2, 0.25) is 0 Å². The van der Waals surface area contributed by atoms with Crippen molar-refractivity contribution in [1.29, 1.82) is 0 Å². The zero-order valence-corrected chi connectivity index (χ0v) is 17.1. The van der Waals surface area contributed by atoms with Gasteiger partial charge in [0, 0.05) is 11.1 Å². The number of hydrogen-bond donors (Lipinski definition) is 2. The van der Waals surface area contributed by atoms with Crippen molar-refractivity contribution >= 4 is 72.8 Å². The smallest absolute Gasteiger partial charge is 0.545 e. The number of aromatic carboxylic acids is 4. The molecule has 0 unspecified atom stereocenters. The van der Waals surface area contributed by atoms with Gasteiger partial charge in [0.1, 0.15) is 0 Å². The maximum Gasteiger partial charge on any atom is 2.00 e. The van der Waals surface area contributed by atoms with Crippen molar-refractivity contribution in [3.63, 3.8) is 0 Å². The molecule has 124 valence electrons. The third kappa shape index (κ3) is 6.72. The normalized spacial score (nSPS) is 8.96. The first-order valence-electron chi connectivity index (χ1n) is 6.33. The molecule has 0 aliphatic carbocycles. The summed E-state index contributed by atoms with van der Waals surface area (Å²) in [4.78, 5) is 41.6. The molecule has 2 rings (SSSR count). The molecule has 0 saturated heterocycles. The van der Waals surface area contributed by atoms with E-state index in [1.165, 1.54) is 48.5 Å². The SMILES string of the molecule is O=C([O-])c1ccccc1C(=O)O.O=C([O-])c1ccccc1C(=O)O.[Ba+2]. The van der Waals surface area contributed by atoms with Gasteiger partial charge in [-0.2, -0.15) is 0 Å². The molecular weight excluding hydrogens is 457 g/mol. The van der Waals surface area contributed by atoms with E-state index in [1.54, 1.807) is 0 Å². The first kappa shape index (κ1) is 22.9. The molecule has 9 heteroatoms. The Hall–Kier alpha value is -2.11. The number of carboxylic acid groups (broad SMARTS) is 4. The molecule has 0 spiro atoms. The van der Waals surface area contributed by atoms with Crippen LogP contribution >= 0.6 is 0 Å². The molecule has 0 amide bonds. The third-order valence-corrected chi connectivity index (χ3v) is 2.75. The molecule has 0 saturated carbocycles. The van der Waals surface area contributed by atoms with Gasteiger partial charge < -0.3 is 30.0 Å². The van der Waals surface area contributed by atoms with E-state index in [4.69, 9.17) is 10.2 Å². The van der Waals surface area contributed by atoms with Gasteiger partial charge >= 0.3 is 60.8 Å². The summed E-state index contributed by atoms with van der Waals surface area (Å²) in [7, 11) is 0. The number of carboxylic acids is 4. The quantitative estimate of drug-likeness (QED) is 0.549. The van der Waals surface area contributed by atoms with Crippen LogP contribution in [0.5, 0.6) is 0 Å². The summed E-state index contributed by atoms with van der Waals surface area (Å²) in [5, 5.41) is 37.8. The van der Waals surface area contributed by atoms with Crippen molar-refractivity contribution in [3.05, 3.63) is 70.8 Å². The second-order valence-corrected chi connectivity index (χ2v) is 4.28. The Morgan fingerprint density at radius 3 is 1.00 bits per heavy atom. The molecule has 0 fully saturated rings. The Morgan fingerprint density at radius 1 is 0.600 bits per heavy atom. The Labute approximate surface area is 181 Å². The van der Waals surface area contributed by atoms with E-state index in [9.17, 15) is 29.4 Å². The minimum atomic E-state index is -1.48. The molecule has 0 aromatic heterocycles. The molecule has 0 aliphatic rings. The number of hydrogen-bond acceptors (Lipinski definition) is 6. The zero-order valence-electron chi connectivity index (χ0n) is 12.7. The molecule has 8 nitrogen and oxygen atoms in total. The van der Waals surface area contributed by atoms with Crippen LogP contribution in [0.4, 0.5) is 0 Å². The number of carbonyl (C=O) groups excluding carboxylic acids is 2. The van der Waals surface area contributed by atoms with Crippen molar-refractivity contribution in [2.45, 2.75) is 0 Å². The number of benzene rings is 2. The Morgan fingerprint density at radius 2 is 0.840 bits per heavy atom. The summed E-state index contributed by atoms with van der Waals surface area (Å²) < 4.78 is 0. The molecule has 0 aliphatic heterocycles. The summed E-state index contributed by atoms with van der Waals surface area (Å²) in [5.41, 5.74) is -1.11. The first-order chi connectivity index (χ1) is 11.3. The molecule has 0 bridgehead atoms. The van der Waals surface area contributed by atoms with E-state index in [0.29, 0.717) is 0 Å². The van der Waals surface area contributed by atoms with Crippen LogP contribution in [0.25, 0.3) is 0 Å². The fourth-order valence-corrected chi connectivity index (χ4v) is 1.70.